The quantitative estimate of drug-likeness (QED) is 0.265. The Bertz CT molecular complexity index is 213. The molecule has 0 fully saturated rings. The molecule has 12 heavy (non-hydrogen) atoms. The molecule has 8 nitrogen and oxygen atoms in total. The zero-order valence-corrected chi connectivity index (χ0v) is 15.0. The van der Waals surface area contributed by atoms with Crippen LogP contribution in [0.15, 0.2) is 0 Å². The van der Waals surface area contributed by atoms with Gasteiger partial charge in [0, 0.05) is 0 Å². The van der Waals surface area contributed by atoms with Gasteiger partial charge in [-0.05, 0) is 0 Å². The summed E-state index contributed by atoms with van der Waals surface area (Å²) in [7, 11) is 0. The van der Waals surface area contributed by atoms with E-state index in [2.05, 4.69) is 0 Å². The third-order valence-electron chi connectivity index (χ3n) is 0. The first-order valence-electron chi connectivity index (χ1n) is 1.33. The van der Waals surface area contributed by atoms with Gasteiger partial charge in [-0.25, -0.2) is 0 Å². The van der Waals surface area contributed by atoms with Crippen LogP contribution >= 0.6 is 0 Å². The number of hydrogen-bond donors (Lipinski definition) is 0. The molecule has 0 saturated heterocycles. The summed E-state index contributed by atoms with van der Waals surface area (Å²) in [6, 6.07) is 0. The van der Waals surface area contributed by atoms with Crippen LogP contribution in [0.25, 0.3) is 0 Å². The fourth-order valence-electron chi connectivity index (χ4n) is 0. The Kier molecular flexibility index (Phi) is 19.9. The van der Waals surface area contributed by atoms with Crippen molar-refractivity contribution in [3.63, 3.8) is 0 Å². The van der Waals surface area contributed by atoms with Gasteiger partial charge in [-0.3, -0.25) is 0 Å². The van der Waals surface area contributed by atoms with Crippen molar-refractivity contribution in [2.75, 3.05) is 0 Å². The van der Waals surface area contributed by atoms with Gasteiger partial charge >= 0.3 is 123 Å². The fourth-order valence-corrected chi connectivity index (χ4v) is 0. The molecule has 0 radical (unpaired) electrons. The molecule has 0 aliphatic carbocycles. The van der Waals surface area contributed by atoms with E-state index in [4.69, 9.17) is 28.6 Å². The van der Waals surface area contributed by atoms with Gasteiger partial charge in [0.1, 0.15) is 0 Å². The van der Waals surface area contributed by atoms with Gasteiger partial charge in [0.05, 0.1) is 0 Å². The second kappa shape index (κ2) is 9.98. The fraction of sp³-hybridized carbons (Fsp3) is 0. The maximum atomic E-state index is 8.65. The second-order valence-electron chi connectivity index (χ2n) is 0.816. The first-order valence-corrected chi connectivity index (χ1v) is 10.9. The van der Waals surface area contributed by atoms with Gasteiger partial charge in [-0.15, -0.1) is 0 Å². The zero-order valence-electron chi connectivity index (χ0n) is 5.50. The molecule has 0 spiro atoms. The Morgan fingerprint density at radius 3 is 0.667 bits per heavy atom. The second-order valence-corrected chi connectivity index (χ2v) is 6.68. The first-order chi connectivity index (χ1) is 4.00. The van der Waals surface area contributed by atoms with Crippen LogP contribution in [0.3, 0.4) is 0 Å². The number of hydrogen-bond acceptors (Lipinski definition) is 8. The SMILES string of the molecule is [Ca+2].[Mg+2].[O]=[W](=[O])([O-])[O-].[O]=[W](=[O])([O-])[O-]. The molecule has 0 unspecified atom stereocenters. The van der Waals surface area contributed by atoms with E-state index in [0.717, 1.165) is 0 Å². The average Bonchev–Trinajstić information content (AvgIpc) is 1.12. The Labute approximate surface area is 121 Å². The van der Waals surface area contributed by atoms with E-state index in [1.54, 1.807) is 0 Å². The van der Waals surface area contributed by atoms with Crippen molar-refractivity contribution < 1.29 is 62.1 Å². The van der Waals surface area contributed by atoms with Crippen molar-refractivity contribution >= 4 is 60.8 Å². The molecule has 0 atom stereocenters. The molecule has 64 valence electrons. The van der Waals surface area contributed by atoms with Crippen molar-refractivity contribution in [1.82, 2.24) is 0 Å². The summed E-state index contributed by atoms with van der Waals surface area (Å²) in [5.41, 5.74) is 0. The van der Waals surface area contributed by atoms with Gasteiger partial charge in [0.15, 0.2) is 0 Å². The van der Waals surface area contributed by atoms with Crippen molar-refractivity contribution in [2.24, 2.45) is 0 Å². The molecule has 0 aliphatic heterocycles. The Hall–Kier alpha value is 2.44. The predicted molar refractivity (Wildman–Crippen MR) is 14.3 cm³/mol. The van der Waals surface area contributed by atoms with Crippen LogP contribution in [0.2, 0.25) is 0 Å². The van der Waals surface area contributed by atoms with Crippen LogP contribution in [0, 0.1) is 0 Å². The Balaban J connectivity index is -0.0000000457. The monoisotopic (exact) mass is 560 g/mol. The number of rotatable bonds is 0. The van der Waals surface area contributed by atoms with E-state index in [9.17, 15) is 0 Å². The molecule has 0 rings (SSSR count). The van der Waals surface area contributed by atoms with Crippen LogP contribution in [0.1, 0.15) is 0 Å². The van der Waals surface area contributed by atoms with E-state index in [1.807, 2.05) is 0 Å². The molecule has 0 bridgehead atoms. The van der Waals surface area contributed by atoms with Crippen LogP contribution in [0.5, 0.6) is 0 Å². The molecule has 0 heterocycles. The molecule has 0 amide bonds. The Morgan fingerprint density at radius 2 is 0.667 bits per heavy atom. The summed E-state index contributed by atoms with van der Waals surface area (Å²) in [6.07, 6.45) is 0. The van der Waals surface area contributed by atoms with E-state index in [-0.39, 0.29) is 60.8 Å². The van der Waals surface area contributed by atoms with Crippen LogP contribution in [-0.4, -0.2) is 60.8 Å². The standard InChI is InChI=1S/Ca.Mg.8O.2W/q2*+2;;;;;4*-1;;. The third-order valence-corrected chi connectivity index (χ3v) is 0. The summed E-state index contributed by atoms with van der Waals surface area (Å²) in [5.74, 6) is 0. The van der Waals surface area contributed by atoms with E-state index in [0.29, 0.717) is 0 Å². The van der Waals surface area contributed by atoms with Gasteiger partial charge in [0.25, 0.3) is 0 Å². The van der Waals surface area contributed by atoms with Crippen molar-refractivity contribution in [3.05, 3.63) is 0 Å². The third kappa shape index (κ3) is 273. The predicted octanol–water partition coefficient (Wildman–Crippen LogP) is -6.00. The van der Waals surface area contributed by atoms with Crippen molar-refractivity contribution in [3.8, 4) is 0 Å². The normalized spacial score (nSPS) is 9.67. The first kappa shape index (κ1) is 23.9. The molecular formula is CaMgO8W2. The summed E-state index contributed by atoms with van der Waals surface area (Å²) in [5, 5.41) is 0. The minimum atomic E-state index is -6.17. The molecule has 12 heteroatoms. The maximum absolute atomic E-state index is 8.65. The molecule has 0 saturated carbocycles. The van der Waals surface area contributed by atoms with Gasteiger partial charge < -0.3 is 0 Å². The van der Waals surface area contributed by atoms with Crippen LogP contribution in [0.4, 0.5) is 0 Å². The average molecular weight is 560 g/mol. The van der Waals surface area contributed by atoms with Crippen LogP contribution < -0.4 is 15.0 Å². The summed E-state index contributed by atoms with van der Waals surface area (Å²) >= 11 is -12.3. The summed E-state index contributed by atoms with van der Waals surface area (Å²) in [4.78, 5) is 0. The van der Waals surface area contributed by atoms with Crippen molar-refractivity contribution in [1.29, 1.82) is 0 Å². The van der Waals surface area contributed by atoms with E-state index in [1.165, 1.54) is 0 Å². The van der Waals surface area contributed by atoms with Gasteiger partial charge in [-0.2, -0.15) is 0 Å². The summed E-state index contributed by atoms with van der Waals surface area (Å²) in [6.45, 7) is 0. The van der Waals surface area contributed by atoms with Crippen LogP contribution in [-0.2, 0) is 47.1 Å². The van der Waals surface area contributed by atoms with Crippen molar-refractivity contribution in [2.45, 2.75) is 0 Å². The minimum absolute atomic E-state index is 0. The van der Waals surface area contributed by atoms with E-state index < -0.39 is 33.5 Å². The summed E-state index contributed by atoms with van der Waals surface area (Å²) < 4.78 is 69.2. The van der Waals surface area contributed by atoms with E-state index >= 15 is 0 Å². The molecule has 0 aromatic heterocycles. The Morgan fingerprint density at radius 1 is 0.667 bits per heavy atom. The zero-order chi connectivity index (χ0) is 9.00. The molecule has 0 aliphatic rings. The molecule has 0 aromatic carbocycles. The topological polar surface area (TPSA) is 161 Å². The molecular weight excluding hydrogens is 560 g/mol. The van der Waals surface area contributed by atoms with Gasteiger partial charge in [-0.1, -0.05) is 0 Å². The van der Waals surface area contributed by atoms with Gasteiger partial charge in [0.2, 0.25) is 0 Å². The molecule has 0 aromatic rings. The molecule has 0 N–H and O–H groups in total.